The van der Waals surface area contributed by atoms with E-state index in [1.54, 1.807) is 24.0 Å². The number of carbonyl (C=O) groups is 3. The van der Waals surface area contributed by atoms with Crippen LogP contribution in [0.15, 0.2) is 42.5 Å². The molecule has 0 bridgehead atoms. The number of amides is 2. The average Bonchev–Trinajstić information content (AvgIpc) is 2.74. The van der Waals surface area contributed by atoms with E-state index in [-0.39, 0.29) is 41.4 Å². The van der Waals surface area contributed by atoms with Crippen molar-refractivity contribution < 1.29 is 34.1 Å². The number of benzene rings is 2. The number of piperidine rings is 1. The number of nitrogens with one attached hydrogen (secondary N) is 1. The summed E-state index contributed by atoms with van der Waals surface area (Å²) in [6, 6.07) is 9.81. The van der Waals surface area contributed by atoms with Crippen molar-refractivity contribution in [3.05, 3.63) is 53.6 Å². The van der Waals surface area contributed by atoms with Crippen LogP contribution >= 0.6 is 0 Å². The molecule has 2 amide bonds. The number of aromatic hydroxyl groups is 2. The number of ether oxygens (including phenoxy) is 2. The Bertz CT molecular complexity index is 931. The monoisotopic (exact) mass is 428 g/mol. The third-order valence-electron chi connectivity index (χ3n) is 4.85. The van der Waals surface area contributed by atoms with E-state index < -0.39 is 12.1 Å². The van der Waals surface area contributed by atoms with E-state index >= 15 is 0 Å². The molecule has 1 aliphatic heterocycles. The Morgan fingerprint density at radius 1 is 1.00 bits per heavy atom. The quantitative estimate of drug-likeness (QED) is 0.494. The highest BCUT2D eigenvalue weighted by molar-refractivity contribution is 5.95. The first kappa shape index (κ1) is 21.9. The van der Waals surface area contributed by atoms with Crippen LogP contribution in [-0.2, 0) is 4.74 Å². The molecule has 0 spiro atoms. The summed E-state index contributed by atoms with van der Waals surface area (Å²) in [5.74, 6) is -0.638. The minimum Gasteiger partial charge on any atom is -0.508 e. The Hall–Kier alpha value is -3.75. The molecule has 1 aliphatic rings. The first-order chi connectivity index (χ1) is 14.9. The Balaban J connectivity index is 1.51. The zero-order valence-electron chi connectivity index (χ0n) is 17.0. The molecule has 1 saturated heterocycles. The first-order valence-corrected chi connectivity index (χ1v) is 9.93. The largest absolute Gasteiger partial charge is 0.513 e. The molecule has 0 aromatic heterocycles. The van der Waals surface area contributed by atoms with Crippen LogP contribution in [0.2, 0.25) is 0 Å². The van der Waals surface area contributed by atoms with Crippen LogP contribution in [0.25, 0.3) is 0 Å². The maximum absolute atomic E-state index is 12.7. The van der Waals surface area contributed by atoms with Crippen molar-refractivity contribution in [3.63, 3.8) is 0 Å². The van der Waals surface area contributed by atoms with E-state index in [1.165, 1.54) is 24.3 Å². The van der Waals surface area contributed by atoms with Gasteiger partial charge >= 0.3 is 6.16 Å². The van der Waals surface area contributed by atoms with Crippen LogP contribution in [0.3, 0.4) is 0 Å². The molecule has 0 atom stereocenters. The molecule has 9 heteroatoms. The van der Waals surface area contributed by atoms with Gasteiger partial charge in [-0.2, -0.15) is 0 Å². The fourth-order valence-corrected chi connectivity index (χ4v) is 3.31. The van der Waals surface area contributed by atoms with Gasteiger partial charge in [0, 0.05) is 36.3 Å². The smallest absolute Gasteiger partial charge is 0.508 e. The number of phenolic OH excluding ortho intramolecular Hbond substituents is 2. The van der Waals surface area contributed by atoms with Gasteiger partial charge in [-0.05, 0) is 56.2 Å². The summed E-state index contributed by atoms with van der Waals surface area (Å²) in [6.07, 6.45) is 0.352. The number of hydrogen-bond acceptors (Lipinski definition) is 7. The Labute approximate surface area is 179 Å². The predicted octanol–water partition coefficient (Wildman–Crippen LogP) is 2.67. The van der Waals surface area contributed by atoms with Gasteiger partial charge in [0.2, 0.25) is 0 Å². The minimum absolute atomic E-state index is 0.124. The van der Waals surface area contributed by atoms with Crippen molar-refractivity contribution >= 4 is 18.0 Å². The third-order valence-corrected chi connectivity index (χ3v) is 4.85. The second kappa shape index (κ2) is 9.84. The molecule has 1 heterocycles. The van der Waals surface area contributed by atoms with Gasteiger partial charge < -0.3 is 29.9 Å². The number of phenols is 2. The van der Waals surface area contributed by atoms with Crippen molar-refractivity contribution in [1.29, 1.82) is 0 Å². The minimum atomic E-state index is -0.799. The van der Waals surface area contributed by atoms with Gasteiger partial charge in [0.25, 0.3) is 11.8 Å². The maximum atomic E-state index is 12.7. The highest BCUT2D eigenvalue weighted by Crippen LogP contribution is 2.21. The molecule has 9 nitrogen and oxygen atoms in total. The molecule has 164 valence electrons. The lowest BCUT2D eigenvalue weighted by Gasteiger charge is -2.32. The van der Waals surface area contributed by atoms with Gasteiger partial charge in [0.1, 0.15) is 17.2 Å². The number of carbonyl (C=O) groups excluding carboxylic acids is 3. The SMILES string of the molecule is CCOC(=O)Oc1ccc(C(=O)N2CCC(NC(=O)c3cc(O)cc(O)c3)CC2)cc1. The van der Waals surface area contributed by atoms with Crippen molar-refractivity contribution in [2.24, 2.45) is 0 Å². The lowest BCUT2D eigenvalue weighted by Crippen LogP contribution is -2.46. The van der Waals surface area contributed by atoms with E-state index in [9.17, 15) is 24.6 Å². The van der Waals surface area contributed by atoms with Crippen LogP contribution < -0.4 is 10.1 Å². The van der Waals surface area contributed by atoms with Crippen LogP contribution in [0.4, 0.5) is 4.79 Å². The van der Waals surface area contributed by atoms with Gasteiger partial charge in [-0.25, -0.2) is 4.79 Å². The molecular formula is C22H24N2O7. The van der Waals surface area contributed by atoms with Crippen molar-refractivity contribution in [1.82, 2.24) is 10.2 Å². The van der Waals surface area contributed by atoms with Crippen LogP contribution in [-0.4, -0.2) is 58.8 Å². The fraction of sp³-hybridized carbons (Fsp3) is 0.318. The molecule has 1 fully saturated rings. The summed E-state index contributed by atoms with van der Waals surface area (Å²) in [7, 11) is 0. The summed E-state index contributed by atoms with van der Waals surface area (Å²) in [4.78, 5) is 38.1. The molecule has 3 N–H and O–H groups in total. The summed E-state index contributed by atoms with van der Waals surface area (Å²) < 4.78 is 9.68. The molecule has 2 aromatic rings. The topological polar surface area (TPSA) is 125 Å². The maximum Gasteiger partial charge on any atom is 0.513 e. The molecule has 0 saturated carbocycles. The van der Waals surface area contributed by atoms with E-state index in [1.807, 2.05) is 0 Å². The summed E-state index contributed by atoms with van der Waals surface area (Å²) in [6.45, 7) is 2.82. The number of nitrogens with zero attached hydrogens (tertiary/aromatic N) is 1. The molecular weight excluding hydrogens is 404 g/mol. The number of likely N-dealkylation sites (tertiary alicyclic amines) is 1. The lowest BCUT2D eigenvalue weighted by atomic mass is 10.0. The van der Waals surface area contributed by atoms with Crippen molar-refractivity contribution in [2.45, 2.75) is 25.8 Å². The van der Waals surface area contributed by atoms with Gasteiger partial charge in [0.05, 0.1) is 6.61 Å². The lowest BCUT2D eigenvalue weighted by molar-refractivity contribution is 0.0698. The first-order valence-electron chi connectivity index (χ1n) is 9.93. The van der Waals surface area contributed by atoms with Gasteiger partial charge in [0.15, 0.2) is 0 Å². The summed E-state index contributed by atoms with van der Waals surface area (Å²) >= 11 is 0. The molecule has 2 aromatic carbocycles. The molecule has 31 heavy (non-hydrogen) atoms. The number of rotatable bonds is 5. The number of hydrogen-bond donors (Lipinski definition) is 3. The molecule has 3 rings (SSSR count). The second-order valence-electron chi connectivity index (χ2n) is 7.09. The normalized spacial score (nSPS) is 14.0. The van der Waals surface area contributed by atoms with E-state index in [0.717, 1.165) is 6.07 Å². The average molecular weight is 428 g/mol. The Kier molecular flexibility index (Phi) is 6.96. The zero-order chi connectivity index (χ0) is 22.4. The van der Waals surface area contributed by atoms with Crippen molar-refractivity contribution in [3.8, 4) is 17.2 Å². The molecule has 0 aliphatic carbocycles. The zero-order valence-corrected chi connectivity index (χ0v) is 17.0. The standard InChI is InChI=1S/C22H24N2O7/c1-2-30-22(29)31-19-5-3-14(4-6-19)21(28)24-9-7-16(8-10-24)23-20(27)15-11-17(25)13-18(26)12-15/h3-6,11-13,16,25-26H,2,7-10H2,1H3,(H,23,27). The second-order valence-corrected chi connectivity index (χ2v) is 7.09. The Morgan fingerprint density at radius 3 is 2.19 bits per heavy atom. The summed E-state index contributed by atoms with van der Waals surface area (Å²) in [5.41, 5.74) is 0.634. The van der Waals surface area contributed by atoms with E-state index in [4.69, 9.17) is 9.47 Å². The van der Waals surface area contributed by atoms with Crippen LogP contribution in [0.5, 0.6) is 17.2 Å². The van der Waals surface area contributed by atoms with Crippen LogP contribution in [0, 0.1) is 0 Å². The van der Waals surface area contributed by atoms with E-state index in [0.29, 0.717) is 31.5 Å². The molecule has 0 radical (unpaired) electrons. The summed E-state index contributed by atoms with van der Waals surface area (Å²) in [5, 5.41) is 21.9. The molecule has 0 unspecified atom stereocenters. The van der Waals surface area contributed by atoms with Gasteiger partial charge in [-0.3, -0.25) is 9.59 Å². The van der Waals surface area contributed by atoms with Gasteiger partial charge in [-0.1, -0.05) is 0 Å². The fourth-order valence-electron chi connectivity index (χ4n) is 3.31. The highest BCUT2D eigenvalue weighted by Gasteiger charge is 2.25. The highest BCUT2D eigenvalue weighted by atomic mass is 16.7. The Morgan fingerprint density at radius 2 is 1.61 bits per heavy atom. The van der Waals surface area contributed by atoms with E-state index in [2.05, 4.69) is 5.32 Å². The van der Waals surface area contributed by atoms with Crippen molar-refractivity contribution in [2.75, 3.05) is 19.7 Å². The van der Waals surface area contributed by atoms with Gasteiger partial charge in [-0.15, -0.1) is 0 Å². The van der Waals surface area contributed by atoms with Crippen LogP contribution in [0.1, 0.15) is 40.5 Å². The third kappa shape index (κ3) is 5.88. The predicted molar refractivity (Wildman–Crippen MR) is 110 cm³/mol.